The Hall–Kier alpha value is -2.02. The molecule has 0 fully saturated rings. The number of aryl methyl sites for hydroxylation is 1. The van der Waals surface area contributed by atoms with Gasteiger partial charge in [0, 0.05) is 6.54 Å². The second-order valence-electron chi connectivity index (χ2n) is 6.19. The second kappa shape index (κ2) is 8.89. The number of aromatic nitrogens is 2. The van der Waals surface area contributed by atoms with Crippen LogP contribution in [0.5, 0.6) is 0 Å². The maximum Gasteiger partial charge on any atom is 0.328 e. The Bertz CT molecular complexity index is 742. The van der Waals surface area contributed by atoms with Gasteiger partial charge in [0.25, 0.3) is 0 Å². The molecule has 0 saturated carbocycles. The van der Waals surface area contributed by atoms with Crippen LogP contribution >= 0.6 is 11.8 Å². The van der Waals surface area contributed by atoms with Crippen molar-refractivity contribution < 1.29 is 14.3 Å². The SMILES string of the molecule is CCn1c(SCC(=O)NC(CC(C)C)C(=O)OC)nc2ccccc21. The summed E-state index contributed by atoms with van der Waals surface area (Å²) in [6.45, 7) is 6.83. The summed E-state index contributed by atoms with van der Waals surface area (Å²) in [5.74, 6) is -0.125. The lowest BCUT2D eigenvalue weighted by Gasteiger charge is -2.18. The molecule has 2 rings (SSSR count). The summed E-state index contributed by atoms with van der Waals surface area (Å²) in [6.07, 6.45) is 0.552. The molecular formula is C18H25N3O3S. The number of nitrogens with zero attached hydrogens (tertiary/aromatic N) is 2. The predicted octanol–water partition coefficient (Wildman–Crippen LogP) is 2.85. The predicted molar refractivity (Wildman–Crippen MR) is 99.5 cm³/mol. The third kappa shape index (κ3) is 4.98. The molecule has 0 aliphatic rings. The number of fused-ring (bicyclic) bond motifs is 1. The molecule has 1 N–H and O–H groups in total. The van der Waals surface area contributed by atoms with Gasteiger partial charge in [0.1, 0.15) is 6.04 Å². The van der Waals surface area contributed by atoms with E-state index in [9.17, 15) is 9.59 Å². The number of amides is 1. The molecule has 0 spiro atoms. The highest BCUT2D eigenvalue weighted by Gasteiger charge is 2.23. The third-order valence-corrected chi connectivity index (χ3v) is 4.77. The topological polar surface area (TPSA) is 73.2 Å². The van der Waals surface area contributed by atoms with Crippen LogP contribution in [0.3, 0.4) is 0 Å². The van der Waals surface area contributed by atoms with Gasteiger partial charge in [0.2, 0.25) is 5.91 Å². The molecule has 7 heteroatoms. The van der Waals surface area contributed by atoms with E-state index in [2.05, 4.69) is 14.9 Å². The van der Waals surface area contributed by atoms with Crippen LogP contribution in [0.2, 0.25) is 0 Å². The third-order valence-electron chi connectivity index (χ3n) is 3.80. The minimum Gasteiger partial charge on any atom is -0.467 e. The van der Waals surface area contributed by atoms with Crippen LogP contribution in [0.15, 0.2) is 29.4 Å². The van der Waals surface area contributed by atoms with Crippen molar-refractivity contribution in [3.63, 3.8) is 0 Å². The van der Waals surface area contributed by atoms with Crippen LogP contribution in [0, 0.1) is 5.92 Å². The number of esters is 1. The van der Waals surface area contributed by atoms with Crippen molar-refractivity contribution in [2.24, 2.45) is 5.92 Å². The number of nitrogens with one attached hydrogen (secondary N) is 1. The number of carbonyl (C=O) groups is 2. The number of imidazole rings is 1. The number of rotatable bonds is 8. The quantitative estimate of drug-likeness (QED) is 0.577. The molecule has 0 radical (unpaired) electrons. The lowest BCUT2D eigenvalue weighted by Crippen LogP contribution is -2.43. The van der Waals surface area contributed by atoms with Gasteiger partial charge < -0.3 is 14.6 Å². The Balaban J connectivity index is 2.02. The molecule has 1 aromatic heterocycles. The normalized spacial score (nSPS) is 12.4. The fourth-order valence-corrected chi connectivity index (χ4v) is 3.55. The van der Waals surface area contributed by atoms with E-state index in [0.29, 0.717) is 6.42 Å². The van der Waals surface area contributed by atoms with E-state index >= 15 is 0 Å². The van der Waals surface area contributed by atoms with Crippen LogP contribution in [-0.4, -0.2) is 40.3 Å². The molecule has 1 heterocycles. The van der Waals surface area contributed by atoms with Crippen molar-refractivity contribution in [2.75, 3.05) is 12.9 Å². The summed E-state index contributed by atoms with van der Waals surface area (Å²) < 4.78 is 6.86. The summed E-state index contributed by atoms with van der Waals surface area (Å²) in [4.78, 5) is 28.7. The number of hydrogen-bond acceptors (Lipinski definition) is 5. The van der Waals surface area contributed by atoms with Crippen molar-refractivity contribution in [3.8, 4) is 0 Å². The first-order valence-electron chi connectivity index (χ1n) is 8.41. The summed E-state index contributed by atoms with van der Waals surface area (Å²) in [6, 6.07) is 7.30. The molecule has 2 aromatic rings. The van der Waals surface area contributed by atoms with E-state index in [0.717, 1.165) is 22.7 Å². The molecule has 136 valence electrons. The van der Waals surface area contributed by atoms with Crippen LogP contribution in [0.25, 0.3) is 11.0 Å². The zero-order valence-corrected chi connectivity index (χ0v) is 15.9. The number of thioether (sulfide) groups is 1. The van der Waals surface area contributed by atoms with Crippen LogP contribution in [-0.2, 0) is 20.9 Å². The van der Waals surface area contributed by atoms with E-state index in [-0.39, 0.29) is 17.6 Å². The van der Waals surface area contributed by atoms with Crippen LogP contribution in [0.1, 0.15) is 27.2 Å². The summed E-state index contributed by atoms with van der Waals surface area (Å²) >= 11 is 1.37. The van der Waals surface area contributed by atoms with Gasteiger partial charge >= 0.3 is 5.97 Å². The van der Waals surface area contributed by atoms with Crippen LogP contribution in [0.4, 0.5) is 0 Å². The van der Waals surface area contributed by atoms with Gasteiger partial charge in [-0.3, -0.25) is 4.79 Å². The van der Waals surface area contributed by atoms with Gasteiger partial charge in [0.15, 0.2) is 5.16 Å². The maximum absolute atomic E-state index is 12.3. The Morgan fingerprint density at radius 1 is 1.32 bits per heavy atom. The zero-order chi connectivity index (χ0) is 18.4. The van der Waals surface area contributed by atoms with Crippen molar-refractivity contribution in [1.82, 2.24) is 14.9 Å². The fraction of sp³-hybridized carbons (Fsp3) is 0.500. The number of hydrogen-bond donors (Lipinski definition) is 1. The van der Waals surface area contributed by atoms with Gasteiger partial charge in [0.05, 0.1) is 23.9 Å². The first kappa shape index (κ1) is 19.3. The summed E-state index contributed by atoms with van der Waals surface area (Å²) in [7, 11) is 1.33. The highest BCUT2D eigenvalue weighted by atomic mass is 32.2. The average molecular weight is 363 g/mol. The minimum atomic E-state index is -0.608. The monoisotopic (exact) mass is 363 g/mol. The van der Waals surface area contributed by atoms with Crippen LogP contribution < -0.4 is 5.32 Å². The first-order valence-corrected chi connectivity index (χ1v) is 9.40. The molecular weight excluding hydrogens is 338 g/mol. The Labute approximate surface area is 152 Å². The van der Waals surface area contributed by atoms with Crippen molar-refractivity contribution >= 4 is 34.7 Å². The number of para-hydroxylation sites is 2. The number of carbonyl (C=O) groups excluding carboxylic acids is 2. The second-order valence-corrected chi connectivity index (χ2v) is 7.13. The van der Waals surface area contributed by atoms with E-state index in [4.69, 9.17) is 4.74 Å². The number of benzene rings is 1. The van der Waals surface area contributed by atoms with Gasteiger partial charge in [-0.15, -0.1) is 0 Å². The Morgan fingerprint density at radius 3 is 2.68 bits per heavy atom. The summed E-state index contributed by atoms with van der Waals surface area (Å²) in [5, 5.41) is 3.57. The lowest BCUT2D eigenvalue weighted by atomic mass is 10.0. The highest BCUT2D eigenvalue weighted by molar-refractivity contribution is 7.99. The fourth-order valence-electron chi connectivity index (χ4n) is 2.66. The molecule has 0 saturated heterocycles. The van der Waals surface area contributed by atoms with E-state index in [1.165, 1.54) is 18.9 Å². The van der Waals surface area contributed by atoms with Gasteiger partial charge in [-0.2, -0.15) is 0 Å². The van der Waals surface area contributed by atoms with Gasteiger partial charge in [-0.25, -0.2) is 9.78 Å². The molecule has 0 aliphatic carbocycles. The molecule has 6 nitrogen and oxygen atoms in total. The molecule has 1 unspecified atom stereocenters. The lowest BCUT2D eigenvalue weighted by molar-refractivity contribution is -0.145. The minimum absolute atomic E-state index is 0.198. The zero-order valence-electron chi connectivity index (χ0n) is 15.1. The Kier molecular flexibility index (Phi) is 6.87. The smallest absolute Gasteiger partial charge is 0.328 e. The molecule has 25 heavy (non-hydrogen) atoms. The van der Waals surface area contributed by atoms with E-state index in [1.807, 2.05) is 45.0 Å². The number of ether oxygens (including phenoxy) is 1. The molecule has 0 aliphatic heterocycles. The molecule has 1 amide bonds. The van der Waals surface area contributed by atoms with Gasteiger partial charge in [-0.1, -0.05) is 37.7 Å². The number of methoxy groups -OCH3 is 1. The Morgan fingerprint density at radius 2 is 2.04 bits per heavy atom. The van der Waals surface area contributed by atoms with E-state index < -0.39 is 12.0 Å². The molecule has 1 aromatic carbocycles. The maximum atomic E-state index is 12.3. The van der Waals surface area contributed by atoms with Crippen molar-refractivity contribution in [3.05, 3.63) is 24.3 Å². The highest BCUT2D eigenvalue weighted by Crippen LogP contribution is 2.23. The average Bonchev–Trinajstić information content (AvgIpc) is 2.95. The first-order chi connectivity index (χ1) is 12.0. The molecule has 0 bridgehead atoms. The molecule has 1 atom stereocenters. The summed E-state index contributed by atoms with van der Waals surface area (Å²) in [5.41, 5.74) is 1.97. The van der Waals surface area contributed by atoms with Gasteiger partial charge in [-0.05, 0) is 31.4 Å². The van der Waals surface area contributed by atoms with E-state index in [1.54, 1.807) is 0 Å². The van der Waals surface area contributed by atoms with Crippen molar-refractivity contribution in [1.29, 1.82) is 0 Å². The van der Waals surface area contributed by atoms with Crippen molar-refractivity contribution in [2.45, 2.75) is 44.9 Å². The largest absolute Gasteiger partial charge is 0.467 e. The standard InChI is InChI=1S/C18H25N3O3S/c1-5-21-15-9-7-6-8-13(15)20-18(21)25-11-16(22)19-14(10-12(2)3)17(23)24-4/h6-9,12,14H,5,10-11H2,1-4H3,(H,19,22).